The Bertz CT molecular complexity index is 442. The number of para-hydroxylation sites is 1. The molecule has 0 atom stereocenters. The summed E-state index contributed by atoms with van der Waals surface area (Å²) in [6.07, 6.45) is 2.05. The maximum absolute atomic E-state index is 9.76. The van der Waals surface area contributed by atoms with Gasteiger partial charge in [-0.2, -0.15) is 0 Å². The fourth-order valence-electron chi connectivity index (χ4n) is 1.70. The number of hydrogen-bond donors (Lipinski definition) is 1. The summed E-state index contributed by atoms with van der Waals surface area (Å²) in [7, 11) is -1.87. The molecule has 0 bridgehead atoms. The molecule has 0 spiro atoms. The minimum Gasteiger partial charge on any atom is -0.432 e. The Morgan fingerprint density at radius 3 is 2.75 bits per heavy atom. The molecule has 1 aromatic heterocycles. The molecular weight excluding hydrogens is 234 g/mol. The van der Waals surface area contributed by atoms with Gasteiger partial charge in [-0.1, -0.05) is 12.1 Å². The first-order valence-electron chi connectivity index (χ1n) is 5.61. The standard InChI is InChI=1S/C12H17NOSSi/c1-16(2,14)9-5-8-12-13-10-6-3-4-7-11(10)15-12/h3-4,6-7,14H,5,8-9H2,1-2H3. The van der Waals surface area contributed by atoms with Crippen LogP contribution in [0.15, 0.2) is 24.3 Å². The van der Waals surface area contributed by atoms with Gasteiger partial charge in [-0.05, 0) is 44.1 Å². The van der Waals surface area contributed by atoms with Crippen molar-refractivity contribution in [1.82, 2.24) is 4.98 Å². The van der Waals surface area contributed by atoms with Gasteiger partial charge in [0, 0.05) is 0 Å². The molecule has 4 heteroatoms. The summed E-state index contributed by atoms with van der Waals surface area (Å²) in [6, 6.07) is 9.20. The molecule has 0 amide bonds. The van der Waals surface area contributed by atoms with E-state index in [9.17, 15) is 4.80 Å². The minimum absolute atomic E-state index is 0.961. The smallest absolute Gasteiger partial charge is 0.182 e. The fourth-order valence-corrected chi connectivity index (χ4v) is 3.75. The first kappa shape index (κ1) is 11.8. The van der Waals surface area contributed by atoms with Gasteiger partial charge in [0.15, 0.2) is 8.32 Å². The average Bonchev–Trinajstić information content (AvgIpc) is 2.57. The summed E-state index contributed by atoms with van der Waals surface area (Å²) < 4.78 is 1.26. The van der Waals surface area contributed by atoms with E-state index in [4.69, 9.17) is 0 Å². The number of benzene rings is 1. The molecule has 0 fully saturated rings. The second kappa shape index (κ2) is 4.65. The van der Waals surface area contributed by atoms with Crippen molar-refractivity contribution in [3.05, 3.63) is 29.3 Å². The van der Waals surface area contributed by atoms with E-state index in [1.165, 1.54) is 9.71 Å². The molecule has 2 nitrogen and oxygen atoms in total. The van der Waals surface area contributed by atoms with Crippen molar-refractivity contribution < 1.29 is 4.80 Å². The second-order valence-electron chi connectivity index (χ2n) is 4.74. The monoisotopic (exact) mass is 251 g/mol. The number of hydrogen-bond acceptors (Lipinski definition) is 3. The number of rotatable bonds is 4. The molecule has 0 aliphatic heterocycles. The summed E-state index contributed by atoms with van der Waals surface area (Å²) in [5.74, 6) is 0. The van der Waals surface area contributed by atoms with Crippen LogP contribution in [0.4, 0.5) is 0 Å². The average molecular weight is 251 g/mol. The molecule has 0 saturated carbocycles. The van der Waals surface area contributed by atoms with Crippen LogP contribution < -0.4 is 0 Å². The molecule has 1 heterocycles. The van der Waals surface area contributed by atoms with Crippen molar-refractivity contribution in [1.29, 1.82) is 0 Å². The van der Waals surface area contributed by atoms with Crippen molar-refractivity contribution in [3.8, 4) is 0 Å². The SMILES string of the molecule is C[Si](C)(O)CCCc1nc2ccccc2s1. The van der Waals surface area contributed by atoms with Crippen molar-refractivity contribution >= 4 is 29.9 Å². The topological polar surface area (TPSA) is 33.1 Å². The van der Waals surface area contributed by atoms with E-state index < -0.39 is 8.32 Å². The molecule has 1 N–H and O–H groups in total. The largest absolute Gasteiger partial charge is 0.432 e. The van der Waals surface area contributed by atoms with Crippen LogP contribution in [-0.2, 0) is 6.42 Å². The summed E-state index contributed by atoms with van der Waals surface area (Å²) in [5.41, 5.74) is 1.10. The molecule has 0 aliphatic rings. The third-order valence-electron chi connectivity index (χ3n) is 2.52. The summed E-state index contributed by atoms with van der Waals surface area (Å²) in [4.78, 5) is 14.3. The predicted octanol–water partition coefficient (Wildman–Crippen LogP) is 3.43. The zero-order valence-corrected chi connectivity index (χ0v) is 11.5. The molecule has 0 aliphatic carbocycles. The lowest BCUT2D eigenvalue weighted by atomic mass is 10.3. The predicted molar refractivity (Wildman–Crippen MR) is 72.4 cm³/mol. The Morgan fingerprint density at radius 2 is 2.06 bits per heavy atom. The van der Waals surface area contributed by atoms with Crippen molar-refractivity contribution in [2.75, 3.05) is 0 Å². The summed E-state index contributed by atoms with van der Waals surface area (Å²) >= 11 is 1.77. The van der Waals surface area contributed by atoms with Gasteiger partial charge in [-0.3, -0.25) is 0 Å². The van der Waals surface area contributed by atoms with Crippen LogP contribution in [0.2, 0.25) is 19.1 Å². The first-order valence-corrected chi connectivity index (χ1v) is 9.58. The fraction of sp³-hybridized carbons (Fsp3) is 0.417. The second-order valence-corrected chi connectivity index (χ2v) is 9.98. The van der Waals surface area contributed by atoms with E-state index in [0.717, 1.165) is 24.4 Å². The molecule has 16 heavy (non-hydrogen) atoms. The van der Waals surface area contributed by atoms with Crippen LogP contribution in [0, 0.1) is 0 Å². The van der Waals surface area contributed by atoms with Gasteiger partial charge in [-0.15, -0.1) is 11.3 Å². The van der Waals surface area contributed by atoms with Gasteiger partial charge in [-0.25, -0.2) is 4.98 Å². The van der Waals surface area contributed by atoms with Gasteiger partial charge in [0.25, 0.3) is 0 Å². The summed E-state index contributed by atoms with van der Waals surface area (Å²) in [5, 5.41) is 1.19. The quantitative estimate of drug-likeness (QED) is 0.845. The zero-order chi connectivity index (χ0) is 11.6. The number of fused-ring (bicyclic) bond motifs is 1. The highest BCUT2D eigenvalue weighted by atomic mass is 32.1. The third kappa shape index (κ3) is 3.14. The van der Waals surface area contributed by atoms with Crippen LogP contribution in [-0.4, -0.2) is 18.1 Å². The molecule has 2 rings (SSSR count). The van der Waals surface area contributed by atoms with E-state index in [0.29, 0.717) is 0 Å². The molecular formula is C12H17NOSSi. The maximum Gasteiger partial charge on any atom is 0.182 e. The first-order chi connectivity index (χ1) is 7.54. The number of thiazole rings is 1. The number of aryl methyl sites for hydroxylation is 1. The van der Waals surface area contributed by atoms with Crippen molar-refractivity contribution in [2.24, 2.45) is 0 Å². The van der Waals surface area contributed by atoms with Gasteiger partial charge < -0.3 is 4.80 Å². The van der Waals surface area contributed by atoms with E-state index in [1.807, 2.05) is 25.2 Å². The van der Waals surface area contributed by atoms with Crippen LogP contribution in [0.5, 0.6) is 0 Å². The molecule has 86 valence electrons. The molecule has 1 aromatic carbocycles. The highest BCUT2D eigenvalue weighted by Crippen LogP contribution is 2.23. The minimum atomic E-state index is -1.87. The van der Waals surface area contributed by atoms with Crippen LogP contribution in [0.3, 0.4) is 0 Å². The molecule has 0 unspecified atom stereocenters. The van der Waals surface area contributed by atoms with Gasteiger partial charge in [0.05, 0.1) is 15.2 Å². The van der Waals surface area contributed by atoms with Crippen molar-refractivity contribution in [3.63, 3.8) is 0 Å². The van der Waals surface area contributed by atoms with E-state index in [2.05, 4.69) is 17.1 Å². The highest BCUT2D eigenvalue weighted by Gasteiger charge is 2.16. The van der Waals surface area contributed by atoms with Gasteiger partial charge in [0.2, 0.25) is 0 Å². The van der Waals surface area contributed by atoms with E-state index >= 15 is 0 Å². The highest BCUT2D eigenvalue weighted by molar-refractivity contribution is 7.18. The lowest BCUT2D eigenvalue weighted by Gasteiger charge is -2.12. The molecule has 0 radical (unpaired) electrons. The van der Waals surface area contributed by atoms with Gasteiger partial charge >= 0.3 is 0 Å². The summed E-state index contributed by atoms with van der Waals surface area (Å²) in [6.45, 7) is 3.98. The van der Waals surface area contributed by atoms with E-state index in [-0.39, 0.29) is 0 Å². The molecule has 2 aromatic rings. The number of nitrogens with zero attached hydrogens (tertiary/aromatic N) is 1. The van der Waals surface area contributed by atoms with Crippen LogP contribution in [0.25, 0.3) is 10.2 Å². The van der Waals surface area contributed by atoms with Gasteiger partial charge in [0.1, 0.15) is 0 Å². The maximum atomic E-state index is 9.76. The lowest BCUT2D eigenvalue weighted by Crippen LogP contribution is -2.24. The Morgan fingerprint density at radius 1 is 1.31 bits per heavy atom. The Kier molecular flexibility index (Phi) is 3.42. The normalized spacial score (nSPS) is 12.2. The van der Waals surface area contributed by atoms with Crippen LogP contribution in [0.1, 0.15) is 11.4 Å². The lowest BCUT2D eigenvalue weighted by molar-refractivity contribution is 0.544. The Labute approximate surface area is 101 Å². The number of aromatic nitrogens is 1. The van der Waals surface area contributed by atoms with E-state index in [1.54, 1.807) is 11.3 Å². The zero-order valence-electron chi connectivity index (χ0n) is 9.73. The Hall–Kier alpha value is -0.713. The molecule has 0 saturated heterocycles. The van der Waals surface area contributed by atoms with Crippen LogP contribution >= 0.6 is 11.3 Å². The Balaban J connectivity index is 2.00. The third-order valence-corrected chi connectivity index (χ3v) is 5.19. The van der Waals surface area contributed by atoms with Crippen molar-refractivity contribution in [2.45, 2.75) is 32.0 Å².